The number of thiophene rings is 1. The Morgan fingerprint density at radius 1 is 1.56 bits per heavy atom. The molecule has 0 saturated heterocycles. The van der Waals surface area contributed by atoms with E-state index >= 15 is 0 Å². The number of ether oxygens (including phenoxy) is 1. The number of hydrogen-bond donors (Lipinski definition) is 0. The molecule has 0 aliphatic carbocycles. The van der Waals surface area contributed by atoms with Crippen molar-refractivity contribution in [2.45, 2.75) is 11.1 Å². The van der Waals surface area contributed by atoms with Gasteiger partial charge in [-0.1, -0.05) is 13.0 Å². The molecule has 1 aromatic heterocycles. The Morgan fingerprint density at radius 2 is 2.25 bits per heavy atom. The highest BCUT2D eigenvalue weighted by Crippen LogP contribution is 2.20. The van der Waals surface area contributed by atoms with Gasteiger partial charge in [0.15, 0.2) is 0 Å². The van der Waals surface area contributed by atoms with E-state index in [0.717, 1.165) is 15.6 Å². The first kappa shape index (κ1) is 13.1. The molecule has 1 heterocycles. The second-order valence-corrected chi connectivity index (χ2v) is 6.05. The number of carbonyl (C=O) groups excluding carboxylic acids is 1. The molecule has 0 saturated carbocycles. The van der Waals surface area contributed by atoms with Crippen LogP contribution < -0.4 is 0 Å². The lowest BCUT2D eigenvalue weighted by atomic mass is 10.6. The molecule has 90 valence electrons. The molecule has 0 fully saturated rings. The Morgan fingerprint density at radius 3 is 2.69 bits per heavy atom. The van der Waals surface area contributed by atoms with Crippen LogP contribution >= 0.6 is 11.3 Å². The second-order valence-electron chi connectivity index (χ2n) is 2.94. The number of methoxy groups -OCH3 is 1. The van der Waals surface area contributed by atoms with E-state index in [4.69, 9.17) is 0 Å². The summed E-state index contributed by atoms with van der Waals surface area (Å²) in [6, 6.07) is 3.17. The zero-order chi connectivity index (χ0) is 12.2. The average molecular weight is 263 g/mol. The lowest BCUT2D eigenvalue weighted by molar-refractivity contribution is -0.140. The van der Waals surface area contributed by atoms with E-state index in [9.17, 15) is 13.2 Å². The lowest BCUT2D eigenvalue weighted by Gasteiger charge is -2.17. The molecule has 0 unspecified atom stereocenters. The molecule has 0 N–H and O–H groups in total. The van der Waals surface area contributed by atoms with E-state index in [1.807, 2.05) is 0 Å². The van der Waals surface area contributed by atoms with Gasteiger partial charge in [0.1, 0.15) is 10.8 Å². The second kappa shape index (κ2) is 5.42. The number of likely N-dealkylation sites (N-methyl/N-ethyl adjacent to an activating group) is 1. The van der Waals surface area contributed by atoms with Gasteiger partial charge in [0, 0.05) is 6.54 Å². The summed E-state index contributed by atoms with van der Waals surface area (Å²) in [5.41, 5.74) is 0. The summed E-state index contributed by atoms with van der Waals surface area (Å²) in [4.78, 5) is 11.1. The molecule has 0 aliphatic rings. The predicted molar refractivity (Wildman–Crippen MR) is 60.8 cm³/mol. The van der Waals surface area contributed by atoms with Gasteiger partial charge in [-0.3, -0.25) is 4.79 Å². The molecule has 7 heteroatoms. The fourth-order valence-electron chi connectivity index (χ4n) is 1.11. The first-order valence-electron chi connectivity index (χ1n) is 4.62. The maximum atomic E-state index is 12.0. The van der Waals surface area contributed by atoms with E-state index in [0.29, 0.717) is 0 Å². The number of carbonyl (C=O) groups is 1. The number of sulfonamides is 1. The zero-order valence-electron chi connectivity index (χ0n) is 9.04. The minimum atomic E-state index is -3.56. The molecule has 0 aliphatic heterocycles. The Hall–Kier alpha value is -0.920. The van der Waals surface area contributed by atoms with Crippen LogP contribution in [0.4, 0.5) is 0 Å². The van der Waals surface area contributed by atoms with Gasteiger partial charge in [-0.25, -0.2) is 8.42 Å². The molecule has 0 bridgehead atoms. The van der Waals surface area contributed by atoms with Crippen LogP contribution in [0.25, 0.3) is 0 Å². The quantitative estimate of drug-likeness (QED) is 0.741. The van der Waals surface area contributed by atoms with Gasteiger partial charge in [-0.2, -0.15) is 4.31 Å². The van der Waals surface area contributed by atoms with Crippen LogP contribution in [0.15, 0.2) is 21.7 Å². The number of esters is 1. The van der Waals surface area contributed by atoms with Crippen molar-refractivity contribution in [2.24, 2.45) is 0 Å². The molecule has 5 nitrogen and oxygen atoms in total. The fourth-order valence-corrected chi connectivity index (χ4v) is 3.65. The highest BCUT2D eigenvalue weighted by atomic mass is 32.2. The largest absolute Gasteiger partial charge is 0.468 e. The van der Waals surface area contributed by atoms with Gasteiger partial charge in [-0.15, -0.1) is 11.3 Å². The van der Waals surface area contributed by atoms with E-state index in [2.05, 4.69) is 4.74 Å². The van der Waals surface area contributed by atoms with Crippen molar-refractivity contribution in [2.75, 3.05) is 20.2 Å². The summed E-state index contributed by atoms with van der Waals surface area (Å²) < 4.78 is 29.8. The Balaban J connectivity index is 2.92. The van der Waals surface area contributed by atoms with Crippen LogP contribution in [-0.2, 0) is 19.6 Å². The topological polar surface area (TPSA) is 63.7 Å². The molecule has 0 atom stereocenters. The van der Waals surface area contributed by atoms with E-state index in [1.54, 1.807) is 18.4 Å². The van der Waals surface area contributed by atoms with Gasteiger partial charge in [0.05, 0.1) is 7.11 Å². The molecular formula is C9H13NO4S2. The maximum absolute atomic E-state index is 12.0. The highest BCUT2D eigenvalue weighted by molar-refractivity contribution is 7.91. The summed E-state index contributed by atoms with van der Waals surface area (Å²) >= 11 is 1.13. The molecule has 0 amide bonds. The van der Waals surface area contributed by atoms with Gasteiger partial charge in [0.2, 0.25) is 0 Å². The minimum Gasteiger partial charge on any atom is -0.468 e. The van der Waals surface area contributed by atoms with Crippen LogP contribution in [0.5, 0.6) is 0 Å². The third-order valence-electron chi connectivity index (χ3n) is 1.98. The summed E-state index contributed by atoms with van der Waals surface area (Å²) in [6.07, 6.45) is 0. The standard InChI is InChI=1S/C9H13NO4S2/c1-3-10(7-8(11)14-2)16(12,13)9-5-4-6-15-9/h4-6H,3,7H2,1-2H3. The lowest BCUT2D eigenvalue weighted by Crippen LogP contribution is -2.35. The molecule has 0 aromatic carbocycles. The summed E-state index contributed by atoms with van der Waals surface area (Å²) in [5, 5.41) is 1.68. The Bertz CT molecular complexity index is 438. The van der Waals surface area contributed by atoms with Crippen molar-refractivity contribution in [1.29, 1.82) is 0 Å². The van der Waals surface area contributed by atoms with E-state index in [1.165, 1.54) is 13.2 Å². The van der Waals surface area contributed by atoms with Crippen molar-refractivity contribution in [3.63, 3.8) is 0 Å². The first-order chi connectivity index (χ1) is 7.52. The molecule has 1 aromatic rings. The highest BCUT2D eigenvalue weighted by Gasteiger charge is 2.26. The van der Waals surface area contributed by atoms with Crippen molar-refractivity contribution >= 4 is 27.3 Å². The maximum Gasteiger partial charge on any atom is 0.321 e. The third-order valence-corrected chi connectivity index (χ3v) is 5.27. The Labute approximate surface area is 98.7 Å². The van der Waals surface area contributed by atoms with E-state index < -0.39 is 16.0 Å². The van der Waals surface area contributed by atoms with Gasteiger partial charge >= 0.3 is 5.97 Å². The molecule has 1 rings (SSSR count). The summed E-state index contributed by atoms with van der Waals surface area (Å²) in [7, 11) is -2.33. The molecule has 16 heavy (non-hydrogen) atoms. The van der Waals surface area contributed by atoms with Gasteiger partial charge < -0.3 is 4.74 Å². The van der Waals surface area contributed by atoms with Crippen molar-refractivity contribution in [3.8, 4) is 0 Å². The summed E-state index contributed by atoms with van der Waals surface area (Å²) in [6.45, 7) is 1.65. The van der Waals surface area contributed by atoms with Crippen molar-refractivity contribution in [1.82, 2.24) is 4.31 Å². The number of hydrogen-bond acceptors (Lipinski definition) is 5. The Kier molecular flexibility index (Phi) is 4.45. The van der Waals surface area contributed by atoms with Crippen LogP contribution in [0.1, 0.15) is 6.92 Å². The normalized spacial score (nSPS) is 11.7. The van der Waals surface area contributed by atoms with Crippen LogP contribution in [-0.4, -0.2) is 38.9 Å². The smallest absolute Gasteiger partial charge is 0.321 e. The average Bonchev–Trinajstić information content (AvgIpc) is 2.78. The minimum absolute atomic E-state index is 0.231. The number of nitrogens with zero attached hydrogens (tertiary/aromatic N) is 1. The van der Waals surface area contributed by atoms with Crippen molar-refractivity contribution in [3.05, 3.63) is 17.5 Å². The predicted octanol–water partition coefficient (Wildman–Crippen LogP) is 0.932. The fraction of sp³-hybridized carbons (Fsp3) is 0.444. The van der Waals surface area contributed by atoms with E-state index in [-0.39, 0.29) is 17.3 Å². The van der Waals surface area contributed by atoms with Gasteiger partial charge in [0.25, 0.3) is 10.0 Å². The monoisotopic (exact) mass is 263 g/mol. The zero-order valence-corrected chi connectivity index (χ0v) is 10.7. The van der Waals surface area contributed by atoms with Gasteiger partial charge in [-0.05, 0) is 11.4 Å². The SMILES string of the molecule is CCN(CC(=O)OC)S(=O)(=O)c1cccs1. The summed E-state index contributed by atoms with van der Waals surface area (Å²) in [5.74, 6) is -0.568. The molecule has 0 radical (unpaired) electrons. The van der Waals surface area contributed by atoms with Crippen molar-refractivity contribution < 1.29 is 17.9 Å². The van der Waals surface area contributed by atoms with Crippen LogP contribution in [0.3, 0.4) is 0 Å². The van der Waals surface area contributed by atoms with Crippen LogP contribution in [0, 0.1) is 0 Å². The third kappa shape index (κ3) is 2.81. The number of rotatable bonds is 5. The van der Waals surface area contributed by atoms with Crippen LogP contribution in [0.2, 0.25) is 0 Å². The first-order valence-corrected chi connectivity index (χ1v) is 6.94. The molecular weight excluding hydrogens is 250 g/mol. The molecule has 0 spiro atoms.